The Morgan fingerprint density at radius 3 is 2.24 bits per heavy atom. The predicted octanol–water partition coefficient (Wildman–Crippen LogP) is 3.44. The second kappa shape index (κ2) is 8.51. The summed E-state index contributed by atoms with van der Waals surface area (Å²) < 4.78 is 24.9. The molecule has 0 bridgehead atoms. The normalized spacial score (nSPS) is 11.4. The summed E-state index contributed by atoms with van der Waals surface area (Å²) in [5.41, 5.74) is 9.95. The van der Waals surface area contributed by atoms with Crippen molar-refractivity contribution in [1.29, 1.82) is 0 Å². The van der Waals surface area contributed by atoms with Gasteiger partial charge < -0.3 is 5.73 Å². The lowest BCUT2D eigenvalue weighted by molar-refractivity contribution is 0.212. The van der Waals surface area contributed by atoms with Crippen molar-refractivity contribution in [2.75, 3.05) is 5.06 Å². The van der Waals surface area contributed by atoms with E-state index in [0.717, 1.165) is 16.8 Å². The monoisotopic (exact) mass is 463 g/mol. The first-order chi connectivity index (χ1) is 15.6. The van der Waals surface area contributed by atoms with Crippen LogP contribution in [0.2, 0.25) is 0 Å². The van der Waals surface area contributed by atoms with Crippen molar-refractivity contribution in [2.45, 2.75) is 11.8 Å². The average Bonchev–Trinajstić information content (AvgIpc) is 3.24. The molecule has 0 fully saturated rings. The molecule has 0 unspecified atom stereocenters. The topological polar surface area (TPSA) is 145 Å². The van der Waals surface area contributed by atoms with Gasteiger partial charge in [0, 0.05) is 11.1 Å². The molecule has 5 N–H and O–H groups in total. The van der Waals surface area contributed by atoms with Crippen LogP contribution in [0.25, 0.3) is 28.2 Å². The summed E-state index contributed by atoms with van der Waals surface area (Å²) in [4.78, 5) is 11.3. The lowest BCUT2D eigenvalue weighted by Gasteiger charge is -2.12. The van der Waals surface area contributed by atoms with Crippen LogP contribution in [0.5, 0.6) is 0 Å². The number of carbonyl (C=O) groups excluding carboxylic acids is 1. The van der Waals surface area contributed by atoms with Crippen molar-refractivity contribution in [1.82, 2.24) is 9.78 Å². The number of hydrogen-bond donors (Lipinski definition) is 3. The van der Waals surface area contributed by atoms with Gasteiger partial charge in [0.05, 0.1) is 27.7 Å². The fourth-order valence-electron chi connectivity index (χ4n) is 3.35. The number of nitrogens with two attached hydrogens (primary N) is 2. The summed E-state index contributed by atoms with van der Waals surface area (Å²) in [6, 6.07) is 21.4. The van der Waals surface area contributed by atoms with Crippen molar-refractivity contribution < 1.29 is 18.4 Å². The van der Waals surface area contributed by atoms with Crippen LogP contribution in [0.4, 0.5) is 10.5 Å². The van der Waals surface area contributed by atoms with Crippen molar-refractivity contribution in [3.63, 3.8) is 0 Å². The fraction of sp³-hybridized carbons (Fsp3) is 0.0435. The number of benzene rings is 3. The smallest absolute Gasteiger partial charge is 0.343 e. The zero-order valence-electron chi connectivity index (χ0n) is 17.6. The fourth-order valence-corrected chi connectivity index (χ4v) is 3.87. The van der Waals surface area contributed by atoms with Crippen molar-refractivity contribution in [2.24, 2.45) is 10.9 Å². The maximum absolute atomic E-state index is 11.6. The van der Waals surface area contributed by atoms with Gasteiger partial charge in [-0.25, -0.2) is 23.0 Å². The van der Waals surface area contributed by atoms with Gasteiger partial charge in [-0.15, -0.1) is 0 Å². The quantitative estimate of drug-likeness (QED) is 0.307. The average molecular weight is 464 g/mol. The zero-order valence-corrected chi connectivity index (χ0v) is 18.4. The number of primary amides is 1. The summed E-state index contributed by atoms with van der Waals surface area (Å²) in [5, 5.41) is 20.2. The van der Waals surface area contributed by atoms with E-state index in [4.69, 9.17) is 16.0 Å². The molecule has 0 atom stereocenters. The van der Waals surface area contributed by atoms with E-state index in [-0.39, 0.29) is 10.6 Å². The molecule has 0 aliphatic heterocycles. The summed E-state index contributed by atoms with van der Waals surface area (Å²) in [5.74, 6) is 0. The third-order valence-corrected chi connectivity index (χ3v) is 5.99. The van der Waals surface area contributed by atoms with E-state index in [9.17, 15) is 18.4 Å². The standard InChI is InChI=1S/C23H21N5O4S/c1-15-5-7-16(8-6-15)22-14-21(17-3-2-4-19(13-17)28(30)23(24)29)26-27(22)18-9-11-20(12-10-18)33(25,31)32/h2-14,30H,1H3,(H2,24,29)(H2,25,31,32). The molecule has 0 aliphatic rings. The van der Waals surface area contributed by atoms with Gasteiger partial charge in [-0.1, -0.05) is 42.0 Å². The molecule has 168 valence electrons. The van der Waals surface area contributed by atoms with Gasteiger partial charge in [0.1, 0.15) is 0 Å². The molecule has 10 heteroatoms. The van der Waals surface area contributed by atoms with Crippen LogP contribution in [0.1, 0.15) is 5.56 Å². The third-order valence-electron chi connectivity index (χ3n) is 5.06. The first kappa shape index (κ1) is 22.2. The Balaban J connectivity index is 1.85. The second-order valence-electron chi connectivity index (χ2n) is 7.43. The van der Waals surface area contributed by atoms with Crippen LogP contribution in [-0.4, -0.2) is 29.4 Å². The third kappa shape index (κ3) is 4.62. The molecule has 0 radical (unpaired) electrons. The number of aryl methyl sites for hydroxylation is 1. The highest BCUT2D eigenvalue weighted by Gasteiger charge is 2.16. The SMILES string of the molecule is Cc1ccc(-c2cc(-c3cccc(N(O)C(N)=O)c3)nn2-c2ccc(S(N)(=O)=O)cc2)cc1. The lowest BCUT2D eigenvalue weighted by Crippen LogP contribution is -2.32. The van der Waals surface area contributed by atoms with Gasteiger partial charge in [-0.3, -0.25) is 5.21 Å². The lowest BCUT2D eigenvalue weighted by atomic mass is 10.1. The zero-order chi connectivity index (χ0) is 23.8. The predicted molar refractivity (Wildman–Crippen MR) is 124 cm³/mol. The Morgan fingerprint density at radius 2 is 1.64 bits per heavy atom. The Bertz CT molecular complexity index is 1430. The van der Waals surface area contributed by atoms with Crippen LogP contribution in [0.3, 0.4) is 0 Å². The number of amides is 2. The Labute approximate surface area is 190 Å². The van der Waals surface area contributed by atoms with E-state index in [1.165, 1.54) is 18.2 Å². The number of sulfonamides is 1. The largest absolute Gasteiger partial charge is 0.349 e. The Hall–Kier alpha value is -3.99. The molecule has 1 heterocycles. The number of anilines is 1. The van der Waals surface area contributed by atoms with Crippen LogP contribution in [0.15, 0.2) is 83.8 Å². The first-order valence-electron chi connectivity index (χ1n) is 9.83. The Kier molecular flexibility index (Phi) is 5.73. The minimum Gasteiger partial charge on any atom is -0.349 e. The molecule has 4 rings (SSSR count). The maximum Gasteiger partial charge on any atom is 0.343 e. The molecule has 0 aliphatic carbocycles. The molecule has 4 aromatic rings. The summed E-state index contributed by atoms with van der Waals surface area (Å²) >= 11 is 0. The molecule has 9 nitrogen and oxygen atoms in total. The number of rotatable bonds is 5. The van der Waals surface area contributed by atoms with E-state index < -0.39 is 16.1 Å². The van der Waals surface area contributed by atoms with Gasteiger partial charge in [0.15, 0.2) is 0 Å². The number of hydrogen-bond acceptors (Lipinski definition) is 5. The highest BCUT2D eigenvalue weighted by atomic mass is 32.2. The van der Waals surface area contributed by atoms with E-state index in [2.05, 4.69) is 0 Å². The number of urea groups is 1. The van der Waals surface area contributed by atoms with E-state index in [1.54, 1.807) is 35.0 Å². The summed E-state index contributed by atoms with van der Waals surface area (Å²) in [6.45, 7) is 1.99. The number of aromatic nitrogens is 2. The second-order valence-corrected chi connectivity index (χ2v) is 8.99. The van der Waals surface area contributed by atoms with Gasteiger partial charge in [0.25, 0.3) is 0 Å². The maximum atomic E-state index is 11.6. The summed E-state index contributed by atoms with van der Waals surface area (Å²) in [7, 11) is -3.82. The van der Waals surface area contributed by atoms with Gasteiger partial charge in [0.2, 0.25) is 10.0 Å². The van der Waals surface area contributed by atoms with E-state index >= 15 is 0 Å². The minimum atomic E-state index is -3.82. The van der Waals surface area contributed by atoms with E-state index in [1.807, 2.05) is 37.3 Å². The Morgan fingerprint density at radius 1 is 0.970 bits per heavy atom. The van der Waals surface area contributed by atoms with Gasteiger partial charge in [-0.05, 0) is 49.4 Å². The number of nitrogens with zero attached hydrogens (tertiary/aromatic N) is 3. The first-order valence-corrected chi connectivity index (χ1v) is 11.4. The number of hydroxylamine groups is 1. The molecule has 0 saturated carbocycles. The molecule has 2 amide bonds. The molecule has 0 spiro atoms. The molecule has 0 saturated heterocycles. The molecular formula is C23H21N5O4S. The van der Waals surface area contributed by atoms with Crippen molar-refractivity contribution in [3.8, 4) is 28.2 Å². The molecule has 3 aromatic carbocycles. The van der Waals surface area contributed by atoms with Crippen LogP contribution < -0.4 is 15.9 Å². The number of primary sulfonamides is 1. The highest BCUT2D eigenvalue weighted by Crippen LogP contribution is 2.31. The van der Waals surface area contributed by atoms with Gasteiger partial charge >= 0.3 is 6.03 Å². The van der Waals surface area contributed by atoms with Crippen molar-refractivity contribution in [3.05, 3.63) is 84.4 Å². The highest BCUT2D eigenvalue weighted by molar-refractivity contribution is 7.89. The molecule has 33 heavy (non-hydrogen) atoms. The minimum absolute atomic E-state index is 0.00212. The van der Waals surface area contributed by atoms with Crippen LogP contribution >= 0.6 is 0 Å². The summed E-state index contributed by atoms with van der Waals surface area (Å²) in [6.07, 6.45) is 0. The molecular weight excluding hydrogens is 442 g/mol. The van der Waals surface area contributed by atoms with Gasteiger partial charge in [-0.2, -0.15) is 10.2 Å². The van der Waals surface area contributed by atoms with E-state index in [0.29, 0.717) is 22.0 Å². The van der Waals surface area contributed by atoms with Crippen LogP contribution in [0, 0.1) is 6.92 Å². The number of carbonyl (C=O) groups is 1. The van der Waals surface area contributed by atoms with Crippen LogP contribution in [-0.2, 0) is 10.0 Å². The molecule has 1 aromatic heterocycles. The van der Waals surface area contributed by atoms with Crippen molar-refractivity contribution >= 4 is 21.7 Å².